The summed E-state index contributed by atoms with van der Waals surface area (Å²) in [6, 6.07) is 5.91. The summed E-state index contributed by atoms with van der Waals surface area (Å²) in [7, 11) is 1.67. The number of nitrogens with zero attached hydrogens (tertiary/aromatic N) is 4. The summed E-state index contributed by atoms with van der Waals surface area (Å²) in [6.45, 7) is 3.18. The number of aromatic nitrogens is 4. The zero-order valence-corrected chi connectivity index (χ0v) is 13.6. The SMILES string of the molecule is CC(C)C(NC(=O)COc1ccc(-c2nnn(C)n2)cc1)C(=O)O. The van der Waals surface area contributed by atoms with Crippen molar-refractivity contribution >= 4 is 11.9 Å². The van der Waals surface area contributed by atoms with Crippen LogP contribution in [0, 0.1) is 5.92 Å². The second-order valence-corrected chi connectivity index (χ2v) is 5.54. The molecule has 0 aliphatic carbocycles. The van der Waals surface area contributed by atoms with Crippen LogP contribution in [0.4, 0.5) is 0 Å². The Morgan fingerprint density at radius 1 is 1.29 bits per heavy atom. The predicted molar refractivity (Wildman–Crippen MR) is 84.1 cm³/mol. The smallest absolute Gasteiger partial charge is 0.326 e. The Bertz CT molecular complexity index is 711. The third kappa shape index (κ3) is 4.51. The van der Waals surface area contributed by atoms with Crippen LogP contribution in [-0.2, 0) is 16.6 Å². The van der Waals surface area contributed by atoms with E-state index in [0.717, 1.165) is 5.56 Å². The van der Waals surface area contributed by atoms with Gasteiger partial charge in [0.25, 0.3) is 5.91 Å². The first kappa shape index (κ1) is 17.4. The number of carbonyl (C=O) groups excluding carboxylic acids is 1. The highest BCUT2D eigenvalue weighted by molar-refractivity contribution is 5.84. The molecule has 1 amide bonds. The predicted octanol–water partition coefficient (Wildman–Crippen LogP) is 0.481. The van der Waals surface area contributed by atoms with Gasteiger partial charge in [-0.2, -0.15) is 4.80 Å². The number of aliphatic carboxylic acids is 1. The van der Waals surface area contributed by atoms with Crippen molar-refractivity contribution in [2.75, 3.05) is 6.61 Å². The number of aryl methyl sites for hydroxylation is 1. The van der Waals surface area contributed by atoms with Gasteiger partial charge in [-0.15, -0.1) is 10.2 Å². The van der Waals surface area contributed by atoms with E-state index in [0.29, 0.717) is 11.6 Å². The molecule has 2 N–H and O–H groups in total. The molecule has 24 heavy (non-hydrogen) atoms. The van der Waals surface area contributed by atoms with Gasteiger partial charge in [-0.1, -0.05) is 13.8 Å². The quantitative estimate of drug-likeness (QED) is 0.756. The fourth-order valence-corrected chi connectivity index (χ4v) is 1.98. The van der Waals surface area contributed by atoms with Crippen molar-refractivity contribution in [2.45, 2.75) is 19.9 Å². The van der Waals surface area contributed by atoms with Crippen LogP contribution in [0.25, 0.3) is 11.4 Å². The minimum atomic E-state index is -1.07. The van der Waals surface area contributed by atoms with E-state index in [-0.39, 0.29) is 12.5 Å². The molecule has 1 aromatic heterocycles. The average molecular weight is 333 g/mol. The molecule has 0 fully saturated rings. The molecule has 128 valence electrons. The third-order valence-electron chi connectivity index (χ3n) is 3.24. The summed E-state index contributed by atoms with van der Waals surface area (Å²) in [4.78, 5) is 24.2. The second kappa shape index (κ2) is 7.53. The highest BCUT2D eigenvalue weighted by Crippen LogP contribution is 2.18. The van der Waals surface area contributed by atoms with E-state index in [4.69, 9.17) is 9.84 Å². The largest absolute Gasteiger partial charge is 0.484 e. The minimum Gasteiger partial charge on any atom is -0.484 e. The van der Waals surface area contributed by atoms with E-state index in [1.54, 1.807) is 45.2 Å². The van der Waals surface area contributed by atoms with Crippen molar-refractivity contribution in [3.63, 3.8) is 0 Å². The summed E-state index contributed by atoms with van der Waals surface area (Å²) in [5, 5.41) is 23.2. The molecular weight excluding hydrogens is 314 g/mol. The van der Waals surface area contributed by atoms with Crippen molar-refractivity contribution in [1.29, 1.82) is 0 Å². The van der Waals surface area contributed by atoms with E-state index in [1.165, 1.54) is 4.80 Å². The Morgan fingerprint density at radius 3 is 2.46 bits per heavy atom. The molecule has 0 aliphatic rings. The lowest BCUT2D eigenvalue weighted by Crippen LogP contribution is -2.46. The standard InChI is InChI=1S/C15H19N5O4/c1-9(2)13(15(22)23)16-12(21)8-24-11-6-4-10(5-7-11)14-17-19-20(3)18-14/h4-7,9,13H,8H2,1-3H3,(H,16,21)(H,22,23). The lowest BCUT2D eigenvalue weighted by molar-refractivity contribution is -0.143. The number of tetrazole rings is 1. The van der Waals surface area contributed by atoms with Crippen LogP contribution in [0.15, 0.2) is 24.3 Å². The molecule has 1 atom stereocenters. The highest BCUT2D eigenvalue weighted by Gasteiger charge is 2.23. The molecule has 0 aliphatic heterocycles. The summed E-state index contributed by atoms with van der Waals surface area (Å²) in [5.41, 5.74) is 0.769. The Balaban J connectivity index is 1.90. The zero-order chi connectivity index (χ0) is 17.7. The molecule has 0 radical (unpaired) electrons. The molecule has 0 saturated heterocycles. The molecule has 0 saturated carbocycles. The van der Waals surface area contributed by atoms with Crippen molar-refractivity contribution in [3.05, 3.63) is 24.3 Å². The topological polar surface area (TPSA) is 119 Å². The third-order valence-corrected chi connectivity index (χ3v) is 3.24. The number of carboxylic acid groups (broad SMARTS) is 1. The van der Waals surface area contributed by atoms with Gasteiger partial charge in [-0.3, -0.25) is 4.79 Å². The molecular formula is C15H19N5O4. The first-order valence-electron chi connectivity index (χ1n) is 7.36. The number of hydrogen-bond donors (Lipinski definition) is 2. The molecule has 1 heterocycles. The Labute approximate surface area is 138 Å². The lowest BCUT2D eigenvalue weighted by atomic mass is 10.1. The fourth-order valence-electron chi connectivity index (χ4n) is 1.98. The molecule has 0 bridgehead atoms. The Kier molecular flexibility index (Phi) is 5.46. The Morgan fingerprint density at radius 2 is 1.96 bits per heavy atom. The van der Waals surface area contributed by atoms with Crippen molar-refractivity contribution < 1.29 is 19.4 Å². The number of carboxylic acids is 1. The second-order valence-electron chi connectivity index (χ2n) is 5.54. The number of hydrogen-bond acceptors (Lipinski definition) is 6. The molecule has 1 aromatic carbocycles. The van der Waals surface area contributed by atoms with Gasteiger partial charge in [0.1, 0.15) is 11.8 Å². The number of rotatable bonds is 7. The van der Waals surface area contributed by atoms with E-state index in [9.17, 15) is 9.59 Å². The molecule has 2 rings (SSSR count). The average Bonchev–Trinajstić information content (AvgIpc) is 2.97. The maximum Gasteiger partial charge on any atom is 0.326 e. The molecule has 1 unspecified atom stereocenters. The maximum atomic E-state index is 11.8. The minimum absolute atomic E-state index is 0.217. The van der Waals surface area contributed by atoms with Crippen LogP contribution in [0.3, 0.4) is 0 Å². The van der Waals surface area contributed by atoms with Gasteiger partial charge < -0.3 is 15.2 Å². The summed E-state index contributed by atoms with van der Waals surface area (Å²) >= 11 is 0. The zero-order valence-electron chi connectivity index (χ0n) is 13.6. The summed E-state index contributed by atoms with van der Waals surface area (Å²) < 4.78 is 5.36. The molecule has 9 nitrogen and oxygen atoms in total. The van der Waals surface area contributed by atoms with Crippen LogP contribution in [0.1, 0.15) is 13.8 Å². The first-order valence-corrected chi connectivity index (χ1v) is 7.36. The number of carbonyl (C=O) groups is 2. The van der Waals surface area contributed by atoms with E-state index in [1.807, 2.05) is 0 Å². The number of amides is 1. The van der Waals surface area contributed by atoms with Gasteiger partial charge >= 0.3 is 5.97 Å². The maximum absolute atomic E-state index is 11.8. The van der Waals surface area contributed by atoms with E-state index < -0.39 is 17.9 Å². The van der Waals surface area contributed by atoms with E-state index in [2.05, 4.69) is 20.7 Å². The van der Waals surface area contributed by atoms with Crippen molar-refractivity contribution in [1.82, 2.24) is 25.5 Å². The van der Waals surface area contributed by atoms with Crippen molar-refractivity contribution in [3.8, 4) is 17.1 Å². The van der Waals surface area contributed by atoms with Crippen LogP contribution >= 0.6 is 0 Å². The van der Waals surface area contributed by atoms with Gasteiger partial charge in [0.2, 0.25) is 5.82 Å². The Hall–Kier alpha value is -2.97. The van der Waals surface area contributed by atoms with Crippen LogP contribution in [0.5, 0.6) is 5.75 Å². The normalized spacial score (nSPS) is 12.0. The summed E-state index contributed by atoms with van der Waals surface area (Å²) in [5.74, 6) is -0.808. The first-order chi connectivity index (χ1) is 11.4. The lowest BCUT2D eigenvalue weighted by Gasteiger charge is -2.17. The highest BCUT2D eigenvalue weighted by atomic mass is 16.5. The van der Waals surface area contributed by atoms with Gasteiger partial charge in [-0.05, 0) is 35.4 Å². The molecule has 9 heteroatoms. The van der Waals surface area contributed by atoms with Gasteiger partial charge in [0.05, 0.1) is 7.05 Å². The van der Waals surface area contributed by atoms with Gasteiger partial charge in [-0.25, -0.2) is 4.79 Å². The monoisotopic (exact) mass is 333 g/mol. The van der Waals surface area contributed by atoms with Gasteiger partial charge in [0.15, 0.2) is 6.61 Å². The van der Waals surface area contributed by atoms with Crippen LogP contribution in [0.2, 0.25) is 0 Å². The number of ether oxygens (including phenoxy) is 1. The van der Waals surface area contributed by atoms with Gasteiger partial charge in [0, 0.05) is 5.56 Å². The summed E-state index contributed by atoms with van der Waals surface area (Å²) in [6.07, 6.45) is 0. The molecule has 2 aromatic rings. The van der Waals surface area contributed by atoms with Crippen LogP contribution in [-0.4, -0.2) is 49.8 Å². The van der Waals surface area contributed by atoms with Crippen LogP contribution < -0.4 is 10.1 Å². The number of benzene rings is 1. The fraction of sp³-hybridized carbons (Fsp3) is 0.400. The van der Waals surface area contributed by atoms with Crippen molar-refractivity contribution in [2.24, 2.45) is 13.0 Å². The van der Waals surface area contributed by atoms with E-state index >= 15 is 0 Å². The molecule has 0 spiro atoms. The number of nitrogens with one attached hydrogen (secondary N) is 1.